The van der Waals surface area contributed by atoms with Gasteiger partial charge in [0.1, 0.15) is 6.61 Å². The fourth-order valence-corrected chi connectivity index (χ4v) is 3.24. The molecule has 1 amide bonds. The van der Waals surface area contributed by atoms with E-state index in [4.69, 9.17) is 21.4 Å². The number of amides is 1. The lowest BCUT2D eigenvalue weighted by molar-refractivity contribution is 0.0499. The molecule has 0 saturated carbocycles. The second-order valence-electron chi connectivity index (χ2n) is 5.14. The van der Waals surface area contributed by atoms with Crippen molar-refractivity contribution < 1.29 is 19.0 Å². The summed E-state index contributed by atoms with van der Waals surface area (Å²) in [6.07, 6.45) is -0.937. The van der Waals surface area contributed by atoms with Gasteiger partial charge < -0.3 is 14.7 Å². The van der Waals surface area contributed by atoms with Crippen LogP contribution in [0.15, 0.2) is 10.5 Å². The van der Waals surface area contributed by atoms with Gasteiger partial charge in [0.25, 0.3) is 0 Å². The number of nitrogens with zero attached hydrogens (tertiary/aromatic N) is 2. The summed E-state index contributed by atoms with van der Waals surface area (Å²) in [4.78, 5) is 14.5. The molecule has 3 rings (SSSR count). The van der Waals surface area contributed by atoms with Crippen LogP contribution in [0.2, 0.25) is 5.02 Å². The highest BCUT2D eigenvalue weighted by Gasteiger charge is 2.33. The van der Waals surface area contributed by atoms with Crippen LogP contribution in [0.3, 0.4) is 0 Å². The zero-order valence-corrected chi connectivity index (χ0v) is 13.3. The van der Waals surface area contributed by atoms with E-state index in [-0.39, 0.29) is 22.9 Å². The van der Waals surface area contributed by atoms with Gasteiger partial charge in [-0.05, 0) is 22.0 Å². The van der Waals surface area contributed by atoms with Crippen LogP contribution in [0, 0.1) is 5.82 Å². The van der Waals surface area contributed by atoms with E-state index in [0.29, 0.717) is 36.8 Å². The van der Waals surface area contributed by atoms with E-state index in [9.17, 15) is 9.18 Å². The number of hydrogen-bond acceptors (Lipinski definition) is 3. The van der Waals surface area contributed by atoms with Crippen LogP contribution in [0.4, 0.5) is 9.18 Å². The molecule has 0 unspecified atom stereocenters. The van der Waals surface area contributed by atoms with Crippen LogP contribution in [0.1, 0.15) is 5.56 Å². The minimum atomic E-state index is -0.937. The summed E-state index contributed by atoms with van der Waals surface area (Å²) in [7, 11) is 0. The maximum absolute atomic E-state index is 14.2. The fraction of sp³-hybridized carbons (Fsp3) is 0.462. The average Bonchev–Trinajstić information content (AvgIpc) is 2.63. The predicted molar refractivity (Wildman–Crippen MR) is 78.4 cm³/mol. The SMILES string of the molecule is O=C(O)N1CCN2Cc3cc(Cl)c(Br)c(F)c3OC[C@H]2C1. The first-order valence-corrected chi connectivity index (χ1v) is 7.65. The van der Waals surface area contributed by atoms with Crippen molar-refractivity contribution in [1.82, 2.24) is 9.80 Å². The van der Waals surface area contributed by atoms with E-state index in [1.165, 1.54) is 4.90 Å². The Bertz CT molecular complexity index is 601. The molecule has 2 aliphatic heterocycles. The summed E-state index contributed by atoms with van der Waals surface area (Å²) in [6, 6.07) is 1.61. The molecule has 1 saturated heterocycles. The van der Waals surface area contributed by atoms with Gasteiger partial charge in [-0.1, -0.05) is 11.6 Å². The summed E-state index contributed by atoms with van der Waals surface area (Å²) in [5, 5.41) is 9.38. The molecule has 21 heavy (non-hydrogen) atoms. The molecule has 1 aromatic rings. The van der Waals surface area contributed by atoms with Gasteiger partial charge in [0.05, 0.1) is 15.5 Å². The maximum Gasteiger partial charge on any atom is 0.407 e. The van der Waals surface area contributed by atoms with Crippen molar-refractivity contribution >= 4 is 33.6 Å². The largest absolute Gasteiger partial charge is 0.488 e. The van der Waals surface area contributed by atoms with Crippen molar-refractivity contribution in [2.24, 2.45) is 0 Å². The molecule has 1 fully saturated rings. The molecule has 0 radical (unpaired) electrons. The van der Waals surface area contributed by atoms with E-state index in [1.807, 2.05) is 0 Å². The number of carbonyl (C=O) groups is 1. The Morgan fingerprint density at radius 2 is 2.29 bits per heavy atom. The van der Waals surface area contributed by atoms with Crippen LogP contribution in [-0.2, 0) is 6.54 Å². The monoisotopic (exact) mass is 378 g/mol. The average molecular weight is 380 g/mol. The first kappa shape index (κ1) is 14.9. The zero-order chi connectivity index (χ0) is 15.1. The van der Waals surface area contributed by atoms with Crippen LogP contribution in [0.25, 0.3) is 0 Å². The molecule has 0 aliphatic carbocycles. The molecule has 0 spiro atoms. The van der Waals surface area contributed by atoms with Gasteiger partial charge in [0.2, 0.25) is 0 Å². The molecule has 2 aliphatic rings. The number of rotatable bonds is 0. The second-order valence-corrected chi connectivity index (χ2v) is 6.34. The van der Waals surface area contributed by atoms with Crippen molar-refractivity contribution in [3.63, 3.8) is 0 Å². The molecule has 1 aromatic carbocycles. The Labute approximate surface area is 134 Å². The van der Waals surface area contributed by atoms with Crippen molar-refractivity contribution in [3.8, 4) is 5.75 Å². The molecule has 0 aromatic heterocycles. The summed E-state index contributed by atoms with van der Waals surface area (Å²) < 4.78 is 20.0. The highest BCUT2D eigenvalue weighted by atomic mass is 79.9. The van der Waals surface area contributed by atoms with Crippen LogP contribution >= 0.6 is 27.5 Å². The number of fused-ring (bicyclic) bond motifs is 2. The molecule has 1 N–H and O–H groups in total. The van der Waals surface area contributed by atoms with E-state index in [2.05, 4.69) is 20.8 Å². The summed E-state index contributed by atoms with van der Waals surface area (Å²) >= 11 is 9.10. The fourth-order valence-electron chi connectivity index (χ4n) is 2.73. The molecular weight excluding hydrogens is 367 g/mol. The number of carboxylic acid groups (broad SMARTS) is 1. The van der Waals surface area contributed by atoms with E-state index < -0.39 is 11.9 Å². The first-order valence-electron chi connectivity index (χ1n) is 6.48. The Balaban J connectivity index is 1.88. The molecule has 0 bridgehead atoms. The topological polar surface area (TPSA) is 53.0 Å². The van der Waals surface area contributed by atoms with Crippen molar-refractivity contribution in [2.75, 3.05) is 26.2 Å². The van der Waals surface area contributed by atoms with Crippen molar-refractivity contribution in [1.29, 1.82) is 0 Å². The van der Waals surface area contributed by atoms with E-state index >= 15 is 0 Å². The summed E-state index contributed by atoms with van der Waals surface area (Å²) in [5.74, 6) is -0.310. The zero-order valence-electron chi connectivity index (χ0n) is 11.0. The van der Waals surface area contributed by atoms with Gasteiger partial charge in [-0.25, -0.2) is 9.18 Å². The van der Waals surface area contributed by atoms with Gasteiger partial charge in [0, 0.05) is 31.7 Å². The second kappa shape index (κ2) is 5.62. The van der Waals surface area contributed by atoms with Gasteiger partial charge in [-0.15, -0.1) is 0 Å². The van der Waals surface area contributed by atoms with Gasteiger partial charge in [-0.2, -0.15) is 0 Å². The smallest absolute Gasteiger partial charge is 0.407 e. The number of piperazine rings is 1. The first-order chi connectivity index (χ1) is 9.97. The third kappa shape index (κ3) is 2.69. The lowest BCUT2D eigenvalue weighted by Crippen LogP contribution is -2.55. The standard InChI is InChI=1S/C13H13BrClFN2O3/c14-10-9(15)3-7-4-17-1-2-18(13(19)20)5-8(17)6-21-12(7)11(10)16/h3,8H,1-2,4-6H2,(H,19,20)/t8-/m1/s1. The molecule has 114 valence electrons. The van der Waals surface area contributed by atoms with Crippen LogP contribution in [-0.4, -0.2) is 53.3 Å². The third-order valence-electron chi connectivity index (χ3n) is 3.86. The molecule has 2 heterocycles. The summed E-state index contributed by atoms with van der Waals surface area (Å²) in [5.41, 5.74) is 0.687. The lowest BCUT2D eigenvalue weighted by Gasteiger charge is -2.38. The van der Waals surface area contributed by atoms with Crippen molar-refractivity contribution in [3.05, 3.63) is 26.9 Å². The Morgan fingerprint density at radius 1 is 1.52 bits per heavy atom. The Hall–Kier alpha value is -1.05. The van der Waals surface area contributed by atoms with Gasteiger partial charge >= 0.3 is 6.09 Å². The normalized spacial score (nSPS) is 22.0. The van der Waals surface area contributed by atoms with Crippen LogP contribution < -0.4 is 4.74 Å². The molecular formula is C13H13BrClFN2O3. The van der Waals surface area contributed by atoms with E-state index in [1.54, 1.807) is 6.07 Å². The minimum Gasteiger partial charge on any atom is -0.488 e. The number of hydrogen-bond donors (Lipinski definition) is 1. The highest BCUT2D eigenvalue weighted by molar-refractivity contribution is 9.10. The van der Waals surface area contributed by atoms with E-state index in [0.717, 1.165) is 0 Å². The predicted octanol–water partition coefficient (Wildman–Crippen LogP) is 2.80. The number of halogens is 3. The van der Waals surface area contributed by atoms with Gasteiger partial charge in [0.15, 0.2) is 11.6 Å². The minimum absolute atomic E-state index is 0.0841. The Morgan fingerprint density at radius 3 is 3.00 bits per heavy atom. The molecule has 1 atom stereocenters. The molecule has 8 heteroatoms. The van der Waals surface area contributed by atoms with Crippen molar-refractivity contribution in [2.45, 2.75) is 12.6 Å². The number of benzene rings is 1. The quantitative estimate of drug-likeness (QED) is 0.704. The third-order valence-corrected chi connectivity index (χ3v) is 5.16. The maximum atomic E-state index is 14.2. The van der Waals surface area contributed by atoms with Gasteiger partial charge in [-0.3, -0.25) is 4.90 Å². The molecule has 5 nitrogen and oxygen atoms in total. The Kier molecular flexibility index (Phi) is 3.98. The highest BCUT2D eigenvalue weighted by Crippen LogP contribution is 2.37. The van der Waals surface area contributed by atoms with Crippen LogP contribution in [0.5, 0.6) is 5.75 Å². The summed E-state index contributed by atoms with van der Waals surface area (Å²) in [6.45, 7) is 2.14. The lowest BCUT2D eigenvalue weighted by atomic mass is 10.1. The number of ether oxygens (including phenoxy) is 1.